The van der Waals surface area contributed by atoms with Gasteiger partial charge in [-0.15, -0.1) is 21.9 Å². The van der Waals surface area contributed by atoms with Crippen LogP contribution in [0.2, 0.25) is 0 Å². The van der Waals surface area contributed by atoms with E-state index in [0.29, 0.717) is 5.92 Å². The topological polar surface area (TPSA) is 9.23 Å². The summed E-state index contributed by atoms with van der Waals surface area (Å²) in [6.45, 7) is 23.5. The van der Waals surface area contributed by atoms with E-state index in [9.17, 15) is 0 Å². The fourth-order valence-electron chi connectivity index (χ4n) is 3.28. The third kappa shape index (κ3) is 10.5. The van der Waals surface area contributed by atoms with Crippen molar-refractivity contribution in [3.05, 3.63) is 71.3 Å². The molecule has 0 aliphatic carbocycles. The molecule has 2 atom stereocenters. The van der Waals surface area contributed by atoms with Gasteiger partial charge in [-0.1, -0.05) is 91.0 Å². The van der Waals surface area contributed by atoms with E-state index in [1.54, 1.807) is 7.11 Å². The Labute approximate surface area is 212 Å². The zero-order valence-corrected chi connectivity index (χ0v) is 24.7. The zero-order chi connectivity index (χ0) is 25.8. The summed E-state index contributed by atoms with van der Waals surface area (Å²) in [6.07, 6.45) is 4.47. The normalized spacial score (nSPS) is 12.1. The largest absolute Gasteiger partial charge is 0.496 e. The fourth-order valence-corrected chi connectivity index (χ4v) is 3.84. The predicted octanol–water partition coefficient (Wildman–Crippen LogP) is 9.06. The minimum atomic E-state index is 0.222. The Balaban J connectivity index is 0.000000627. The van der Waals surface area contributed by atoms with Gasteiger partial charge in [-0.2, -0.15) is 0 Å². The predicted molar refractivity (Wildman–Crippen MR) is 158 cm³/mol. The lowest BCUT2D eigenvalue weighted by atomic mass is 9.86. The van der Waals surface area contributed by atoms with E-state index in [0.717, 1.165) is 28.8 Å². The maximum atomic E-state index is 5.20. The van der Waals surface area contributed by atoms with E-state index < -0.39 is 0 Å². The zero-order valence-electron chi connectivity index (χ0n) is 22.7. The van der Waals surface area contributed by atoms with Crippen molar-refractivity contribution in [1.82, 2.24) is 0 Å². The summed E-state index contributed by atoms with van der Waals surface area (Å²) in [7, 11) is 4.31. The van der Waals surface area contributed by atoms with Crippen LogP contribution in [0.1, 0.15) is 85.4 Å². The summed E-state index contributed by atoms with van der Waals surface area (Å²) in [6, 6.07) is 13.1. The molecule has 1 nitrogen and oxygen atoms in total. The highest BCUT2D eigenvalue weighted by Gasteiger charge is 2.13. The summed E-state index contributed by atoms with van der Waals surface area (Å²) >= 11 is 4.34. The van der Waals surface area contributed by atoms with Crippen molar-refractivity contribution >= 4 is 32.7 Å². The summed E-state index contributed by atoms with van der Waals surface area (Å²) in [4.78, 5) is 0.969. The first-order valence-corrected chi connectivity index (χ1v) is 13.1. The van der Waals surface area contributed by atoms with E-state index >= 15 is 0 Å². The molecule has 184 valence electrons. The van der Waals surface area contributed by atoms with Gasteiger partial charge < -0.3 is 4.74 Å². The molecule has 0 aromatic heterocycles. The third-order valence-electron chi connectivity index (χ3n) is 5.54. The quantitative estimate of drug-likeness (QED) is 0.243. The molecule has 0 saturated heterocycles. The molecule has 0 aliphatic rings. The van der Waals surface area contributed by atoms with E-state index in [1.165, 1.54) is 27.8 Å². The van der Waals surface area contributed by atoms with Gasteiger partial charge in [0.05, 0.1) is 7.11 Å². The average Bonchev–Trinajstić information content (AvgIpc) is 2.80. The van der Waals surface area contributed by atoms with E-state index in [-0.39, 0.29) is 5.41 Å². The molecule has 0 amide bonds. The van der Waals surface area contributed by atoms with Crippen LogP contribution in [0.25, 0.3) is 5.57 Å². The maximum absolute atomic E-state index is 5.20. The van der Waals surface area contributed by atoms with Gasteiger partial charge in [0.2, 0.25) is 0 Å². The van der Waals surface area contributed by atoms with Crippen LogP contribution >= 0.6 is 21.9 Å². The number of hydrogen-bond acceptors (Lipinski definition) is 2. The van der Waals surface area contributed by atoms with Crippen LogP contribution < -0.4 is 10.0 Å². The first-order valence-electron chi connectivity index (χ1n) is 12.0. The molecule has 2 unspecified atom stereocenters. The second-order valence-corrected chi connectivity index (χ2v) is 10.2. The highest BCUT2D eigenvalue weighted by atomic mass is 32.1. The summed E-state index contributed by atoms with van der Waals surface area (Å²) in [5.41, 5.74) is 6.76. The van der Waals surface area contributed by atoms with Crippen molar-refractivity contribution in [3.63, 3.8) is 0 Å². The van der Waals surface area contributed by atoms with Gasteiger partial charge >= 0.3 is 0 Å². The molecule has 0 fully saturated rings. The van der Waals surface area contributed by atoms with Crippen LogP contribution in [-0.2, 0) is 11.8 Å². The summed E-state index contributed by atoms with van der Waals surface area (Å²) in [5.74, 6) is 1.38. The first-order chi connectivity index (χ1) is 15.4. The number of allylic oxidation sites excluding steroid dienone is 3. The third-order valence-corrected chi connectivity index (χ3v) is 6.75. The lowest BCUT2D eigenvalue weighted by Gasteiger charge is -2.19. The van der Waals surface area contributed by atoms with Crippen molar-refractivity contribution < 1.29 is 4.74 Å². The Bertz CT molecular complexity index is 889. The molecule has 2 rings (SSSR count). The Morgan fingerprint density at radius 3 is 2.03 bits per heavy atom. The molecule has 0 spiro atoms. The molecular formula is C30H47OPS. The number of methoxy groups -OCH3 is 1. The molecule has 2 aromatic rings. The Morgan fingerprint density at radius 1 is 1.09 bits per heavy atom. The van der Waals surface area contributed by atoms with Crippen LogP contribution in [-0.4, -0.2) is 7.11 Å². The van der Waals surface area contributed by atoms with Crippen molar-refractivity contribution in [3.8, 4) is 5.75 Å². The number of benzene rings is 2. The molecule has 0 aliphatic heterocycles. The second-order valence-electron chi connectivity index (χ2n) is 9.12. The van der Waals surface area contributed by atoms with Gasteiger partial charge in [0, 0.05) is 10.2 Å². The number of thiol groups is 1. The smallest absolute Gasteiger partial charge is 0.127 e. The first kappa shape index (κ1) is 31.5. The maximum Gasteiger partial charge on any atom is 0.127 e. The monoisotopic (exact) mass is 486 g/mol. The average molecular weight is 487 g/mol. The van der Waals surface area contributed by atoms with Gasteiger partial charge in [-0.3, -0.25) is 0 Å². The molecule has 0 N–H and O–H groups in total. The molecule has 0 heterocycles. The molecule has 3 heteroatoms. The van der Waals surface area contributed by atoms with E-state index in [1.807, 2.05) is 19.9 Å². The lowest BCUT2D eigenvalue weighted by Crippen LogP contribution is -2.10. The van der Waals surface area contributed by atoms with Crippen LogP contribution in [0.4, 0.5) is 0 Å². The van der Waals surface area contributed by atoms with Gasteiger partial charge in [-0.25, -0.2) is 0 Å². The van der Waals surface area contributed by atoms with Crippen molar-refractivity contribution in [1.29, 1.82) is 0 Å². The minimum Gasteiger partial charge on any atom is -0.496 e. The molecule has 0 saturated carbocycles. The Hall–Kier alpha value is -1.50. The van der Waals surface area contributed by atoms with Gasteiger partial charge in [0.15, 0.2) is 0 Å². The minimum absolute atomic E-state index is 0.222. The number of rotatable bonds is 6. The standard InChI is InChI=1S/C19H28.C9H13OPS.C2H6/c1-8-16(14(2)3)13-15(4)17-9-11-18(12-10-17)19(5,6)7;1-3-6-4-7(10-2)9(11)8(12)5-6;1-2/h9-13,16H,2,8H2,1,3-7H3;4-5,12H,3,11H2,1-2H3;1-2H3/b15-13+;;. The Morgan fingerprint density at radius 2 is 1.64 bits per heavy atom. The number of hydrogen-bond donors (Lipinski definition) is 1. The highest BCUT2D eigenvalue weighted by molar-refractivity contribution is 7.80. The van der Waals surface area contributed by atoms with Gasteiger partial charge in [0.25, 0.3) is 0 Å². The van der Waals surface area contributed by atoms with E-state index in [2.05, 4.69) is 113 Å². The van der Waals surface area contributed by atoms with Crippen molar-refractivity contribution in [2.45, 2.75) is 85.5 Å². The molecule has 0 radical (unpaired) electrons. The van der Waals surface area contributed by atoms with Crippen molar-refractivity contribution in [2.24, 2.45) is 5.92 Å². The summed E-state index contributed by atoms with van der Waals surface area (Å²) < 4.78 is 5.20. The molecule has 0 bridgehead atoms. The van der Waals surface area contributed by atoms with Gasteiger partial charge in [0.1, 0.15) is 5.75 Å². The van der Waals surface area contributed by atoms with Crippen molar-refractivity contribution in [2.75, 3.05) is 7.11 Å². The SMILES string of the molecule is C=C(C)C(/C=C(\C)c1ccc(C(C)(C)C)cc1)CC.CC.CCc1cc(S)c(P)c(OC)c1. The lowest BCUT2D eigenvalue weighted by molar-refractivity contribution is 0.417. The number of ether oxygens (including phenoxy) is 1. The second kappa shape index (κ2) is 15.4. The molecular weight excluding hydrogens is 439 g/mol. The fraction of sp³-hybridized carbons (Fsp3) is 0.467. The van der Waals surface area contributed by atoms with Gasteiger partial charge in [-0.05, 0) is 72.4 Å². The van der Waals surface area contributed by atoms with Crippen LogP contribution in [0.5, 0.6) is 5.75 Å². The molecule has 2 aromatic carbocycles. The highest BCUT2D eigenvalue weighted by Crippen LogP contribution is 2.26. The Kier molecular flexibility index (Phi) is 14.7. The van der Waals surface area contributed by atoms with Crippen LogP contribution in [0.15, 0.2) is 59.5 Å². The van der Waals surface area contributed by atoms with Crippen LogP contribution in [0.3, 0.4) is 0 Å². The van der Waals surface area contributed by atoms with E-state index in [4.69, 9.17) is 4.74 Å². The number of aryl methyl sites for hydroxylation is 1. The summed E-state index contributed by atoms with van der Waals surface area (Å²) in [5, 5.41) is 1.03. The molecule has 33 heavy (non-hydrogen) atoms. The van der Waals surface area contributed by atoms with Crippen LogP contribution in [0, 0.1) is 5.92 Å².